The Labute approximate surface area is 107 Å². The van der Waals surface area contributed by atoms with Crippen LogP contribution in [0.25, 0.3) is 0 Å². The van der Waals surface area contributed by atoms with Crippen LogP contribution in [0.1, 0.15) is 12.0 Å². The normalized spacial score (nSPS) is 18.9. The fraction of sp³-hybridized carbons (Fsp3) is 0.455. The average molecular weight is 275 g/mol. The molecule has 8 heteroatoms. The lowest BCUT2D eigenvalue weighted by Gasteiger charge is -2.09. The van der Waals surface area contributed by atoms with Gasteiger partial charge in [0, 0.05) is 18.7 Å². The van der Waals surface area contributed by atoms with E-state index in [2.05, 4.69) is 9.98 Å². The van der Waals surface area contributed by atoms with Crippen LogP contribution in [0.15, 0.2) is 23.3 Å². The molecule has 0 saturated carbocycles. The Morgan fingerprint density at radius 2 is 2.21 bits per heavy atom. The van der Waals surface area contributed by atoms with Crippen LogP contribution in [-0.4, -0.2) is 30.3 Å². The van der Waals surface area contributed by atoms with Gasteiger partial charge in [0.2, 0.25) is 5.88 Å². The average Bonchev–Trinajstić information content (AvgIpc) is 2.75. The van der Waals surface area contributed by atoms with Gasteiger partial charge in [-0.1, -0.05) is 0 Å². The van der Waals surface area contributed by atoms with Crippen LogP contribution in [0, 0.1) is 0 Å². The van der Waals surface area contributed by atoms with Crippen molar-refractivity contribution in [2.75, 3.05) is 13.2 Å². The number of ether oxygens (including phenoxy) is 2. The summed E-state index contributed by atoms with van der Waals surface area (Å²) in [5.41, 5.74) is 4.53. The maximum Gasteiger partial charge on any atom is 0.417 e. The van der Waals surface area contributed by atoms with Crippen molar-refractivity contribution in [1.29, 1.82) is 0 Å². The molecule has 0 bridgehead atoms. The molecule has 1 atom stereocenters. The molecular weight excluding hydrogens is 263 g/mol. The minimum Gasteiger partial charge on any atom is -0.478 e. The highest BCUT2D eigenvalue weighted by Crippen LogP contribution is 2.29. The first-order valence-corrected chi connectivity index (χ1v) is 5.57. The number of aliphatic imine (C=N–C) groups is 1. The highest BCUT2D eigenvalue weighted by Gasteiger charge is 2.30. The van der Waals surface area contributed by atoms with Gasteiger partial charge in [-0.15, -0.1) is 0 Å². The first-order valence-electron chi connectivity index (χ1n) is 5.57. The van der Waals surface area contributed by atoms with Gasteiger partial charge in [0.05, 0.1) is 18.2 Å². The van der Waals surface area contributed by atoms with Gasteiger partial charge in [-0.3, -0.25) is 0 Å². The predicted octanol–water partition coefficient (Wildman–Crippen LogP) is 1.58. The Morgan fingerprint density at radius 1 is 1.42 bits per heavy atom. The molecule has 1 aromatic heterocycles. The van der Waals surface area contributed by atoms with E-state index < -0.39 is 11.7 Å². The van der Waals surface area contributed by atoms with Crippen molar-refractivity contribution < 1.29 is 22.6 Å². The van der Waals surface area contributed by atoms with Gasteiger partial charge in [-0.25, -0.2) is 9.98 Å². The van der Waals surface area contributed by atoms with Crippen molar-refractivity contribution in [2.45, 2.75) is 18.6 Å². The SMILES string of the molecule is NC1=N[C@@H](CCOc2ccc(C(F)(F)F)cn2)CO1. The molecule has 2 rings (SSSR count). The fourth-order valence-corrected chi connectivity index (χ4v) is 1.52. The maximum absolute atomic E-state index is 12.3. The van der Waals surface area contributed by atoms with Crippen LogP contribution in [0.4, 0.5) is 13.2 Å². The van der Waals surface area contributed by atoms with E-state index in [-0.39, 0.29) is 24.6 Å². The number of hydrogen-bond donors (Lipinski definition) is 1. The summed E-state index contributed by atoms with van der Waals surface area (Å²) >= 11 is 0. The molecule has 0 fully saturated rings. The van der Waals surface area contributed by atoms with E-state index in [4.69, 9.17) is 15.2 Å². The van der Waals surface area contributed by atoms with Crippen LogP contribution in [-0.2, 0) is 10.9 Å². The molecule has 0 amide bonds. The number of nitrogens with zero attached hydrogens (tertiary/aromatic N) is 2. The molecule has 0 spiro atoms. The lowest BCUT2D eigenvalue weighted by Crippen LogP contribution is -2.12. The Bertz CT molecular complexity index is 459. The Morgan fingerprint density at radius 3 is 2.74 bits per heavy atom. The minimum absolute atomic E-state index is 0.0746. The quantitative estimate of drug-likeness (QED) is 0.905. The van der Waals surface area contributed by atoms with E-state index in [1.807, 2.05) is 0 Å². The number of hydrogen-bond acceptors (Lipinski definition) is 5. The van der Waals surface area contributed by atoms with Gasteiger partial charge in [-0.2, -0.15) is 13.2 Å². The van der Waals surface area contributed by atoms with Gasteiger partial charge >= 0.3 is 6.18 Å². The molecule has 1 aliphatic heterocycles. The Hall–Kier alpha value is -1.99. The third kappa shape index (κ3) is 3.73. The number of pyridine rings is 1. The third-order valence-corrected chi connectivity index (χ3v) is 2.50. The predicted molar refractivity (Wildman–Crippen MR) is 60.7 cm³/mol. The molecule has 0 unspecified atom stereocenters. The van der Waals surface area contributed by atoms with E-state index in [1.54, 1.807) is 0 Å². The zero-order valence-corrected chi connectivity index (χ0v) is 9.85. The lowest BCUT2D eigenvalue weighted by molar-refractivity contribution is -0.137. The van der Waals surface area contributed by atoms with Crippen molar-refractivity contribution in [1.82, 2.24) is 4.98 Å². The molecular formula is C11H12F3N3O2. The summed E-state index contributed by atoms with van der Waals surface area (Å²) in [6, 6.07) is 2.19. The minimum atomic E-state index is -4.39. The molecule has 104 valence electrons. The Balaban J connectivity index is 1.80. The van der Waals surface area contributed by atoms with Gasteiger partial charge in [0.25, 0.3) is 6.02 Å². The lowest BCUT2D eigenvalue weighted by atomic mass is 10.2. The second-order valence-electron chi connectivity index (χ2n) is 3.95. The summed E-state index contributed by atoms with van der Waals surface area (Å²) in [5, 5.41) is 0. The number of alkyl halides is 3. The fourth-order valence-electron chi connectivity index (χ4n) is 1.52. The molecule has 19 heavy (non-hydrogen) atoms. The molecule has 0 aliphatic carbocycles. The molecule has 1 aliphatic rings. The van der Waals surface area contributed by atoms with Crippen LogP contribution in [0.2, 0.25) is 0 Å². The molecule has 0 aromatic carbocycles. The van der Waals surface area contributed by atoms with E-state index in [0.29, 0.717) is 13.0 Å². The number of halogens is 3. The van der Waals surface area contributed by atoms with E-state index in [9.17, 15) is 13.2 Å². The second-order valence-corrected chi connectivity index (χ2v) is 3.95. The van der Waals surface area contributed by atoms with Crippen molar-refractivity contribution in [3.05, 3.63) is 23.9 Å². The number of nitrogens with two attached hydrogens (primary N) is 1. The van der Waals surface area contributed by atoms with Crippen molar-refractivity contribution in [3.8, 4) is 5.88 Å². The molecule has 2 heterocycles. The standard InChI is InChI=1S/C11H12F3N3O2/c12-11(13,14)7-1-2-9(16-5-7)18-4-3-8-6-19-10(15)17-8/h1-2,5,8H,3-4,6H2,(H2,15,17)/t8-/m0/s1. The monoisotopic (exact) mass is 275 g/mol. The second kappa shape index (κ2) is 5.33. The summed E-state index contributed by atoms with van der Waals surface area (Å²) in [4.78, 5) is 7.58. The summed E-state index contributed by atoms with van der Waals surface area (Å²) < 4.78 is 47.1. The molecule has 0 saturated heterocycles. The van der Waals surface area contributed by atoms with Crippen LogP contribution in [0.3, 0.4) is 0 Å². The first-order chi connectivity index (χ1) is 8.95. The third-order valence-electron chi connectivity index (χ3n) is 2.50. The van der Waals surface area contributed by atoms with Crippen LogP contribution >= 0.6 is 0 Å². The summed E-state index contributed by atoms with van der Waals surface area (Å²) in [5.74, 6) is 0.142. The largest absolute Gasteiger partial charge is 0.478 e. The van der Waals surface area contributed by atoms with Crippen molar-refractivity contribution >= 4 is 6.02 Å². The maximum atomic E-state index is 12.3. The first kappa shape index (κ1) is 13.4. The van der Waals surface area contributed by atoms with E-state index in [1.165, 1.54) is 6.07 Å². The summed E-state index contributed by atoms with van der Waals surface area (Å²) in [6.07, 6.45) is -3.09. The van der Waals surface area contributed by atoms with Crippen LogP contribution < -0.4 is 10.5 Å². The van der Waals surface area contributed by atoms with Crippen molar-refractivity contribution in [2.24, 2.45) is 10.7 Å². The van der Waals surface area contributed by atoms with Gasteiger partial charge in [0.15, 0.2) is 0 Å². The smallest absolute Gasteiger partial charge is 0.417 e. The summed E-state index contributed by atoms with van der Waals surface area (Å²) in [6.45, 7) is 0.679. The molecule has 1 aromatic rings. The topological polar surface area (TPSA) is 69.7 Å². The zero-order valence-electron chi connectivity index (χ0n) is 9.85. The van der Waals surface area contributed by atoms with Gasteiger partial charge in [-0.05, 0) is 6.07 Å². The number of aromatic nitrogens is 1. The zero-order chi connectivity index (χ0) is 13.9. The van der Waals surface area contributed by atoms with Crippen LogP contribution in [0.5, 0.6) is 5.88 Å². The summed E-state index contributed by atoms with van der Waals surface area (Å²) in [7, 11) is 0. The highest BCUT2D eigenvalue weighted by atomic mass is 19.4. The molecule has 2 N–H and O–H groups in total. The number of amidine groups is 1. The van der Waals surface area contributed by atoms with E-state index in [0.717, 1.165) is 12.3 Å². The highest BCUT2D eigenvalue weighted by molar-refractivity contribution is 5.72. The van der Waals surface area contributed by atoms with E-state index >= 15 is 0 Å². The molecule has 5 nitrogen and oxygen atoms in total. The Kier molecular flexibility index (Phi) is 3.77. The van der Waals surface area contributed by atoms with Gasteiger partial charge < -0.3 is 15.2 Å². The van der Waals surface area contributed by atoms with Crippen molar-refractivity contribution in [3.63, 3.8) is 0 Å². The number of rotatable bonds is 4. The van der Waals surface area contributed by atoms with Gasteiger partial charge in [0.1, 0.15) is 6.61 Å². The molecule has 0 radical (unpaired) electrons.